The number of benzene rings is 1. The molecule has 4 nitrogen and oxygen atoms in total. The second-order valence-electron chi connectivity index (χ2n) is 3.83. The van der Waals surface area contributed by atoms with E-state index in [9.17, 15) is 4.79 Å². The third-order valence-electron chi connectivity index (χ3n) is 2.93. The van der Waals surface area contributed by atoms with Gasteiger partial charge in [0.1, 0.15) is 5.66 Å². The van der Waals surface area contributed by atoms with Crippen molar-refractivity contribution in [3.63, 3.8) is 0 Å². The standard InChI is InChI=1S/C11H14N2O2/c12-11(9-5-2-1-3-6-9)7-4-8-13(11)10(14)15/h1-3,5-6H,4,7-8,12H2,(H,14,15). The Labute approximate surface area is 88.3 Å². The average Bonchev–Trinajstić information content (AvgIpc) is 2.63. The fourth-order valence-electron chi connectivity index (χ4n) is 2.13. The molecule has 1 amide bonds. The molecule has 1 aromatic carbocycles. The zero-order valence-electron chi connectivity index (χ0n) is 8.39. The van der Waals surface area contributed by atoms with Gasteiger partial charge in [0.25, 0.3) is 0 Å². The molecule has 4 heteroatoms. The van der Waals surface area contributed by atoms with Gasteiger partial charge < -0.3 is 10.8 Å². The van der Waals surface area contributed by atoms with E-state index in [0.717, 1.165) is 12.0 Å². The summed E-state index contributed by atoms with van der Waals surface area (Å²) in [5, 5.41) is 9.06. The van der Waals surface area contributed by atoms with Gasteiger partial charge in [-0.1, -0.05) is 30.3 Å². The Balaban J connectivity index is 2.37. The summed E-state index contributed by atoms with van der Waals surface area (Å²) in [6, 6.07) is 9.40. The van der Waals surface area contributed by atoms with Crippen molar-refractivity contribution >= 4 is 6.09 Å². The van der Waals surface area contributed by atoms with Crippen LogP contribution in [0.4, 0.5) is 4.79 Å². The molecule has 2 rings (SSSR count). The molecule has 0 bridgehead atoms. The predicted octanol–water partition coefficient (Wildman–Crippen LogP) is 1.57. The summed E-state index contributed by atoms with van der Waals surface area (Å²) in [5.41, 5.74) is 6.20. The van der Waals surface area contributed by atoms with E-state index < -0.39 is 11.8 Å². The van der Waals surface area contributed by atoms with E-state index in [0.29, 0.717) is 13.0 Å². The van der Waals surface area contributed by atoms with Crippen molar-refractivity contribution in [1.29, 1.82) is 0 Å². The molecule has 1 fully saturated rings. The van der Waals surface area contributed by atoms with Crippen LogP contribution in [0, 0.1) is 0 Å². The van der Waals surface area contributed by atoms with Crippen LogP contribution in [0.1, 0.15) is 18.4 Å². The van der Waals surface area contributed by atoms with Crippen molar-refractivity contribution in [3.8, 4) is 0 Å². The van der Waals surface area contributed by atoms with Gasteiger partial charge >= 0.3 is 6.09 Å². The molecule has 0 spiro atoms. The van der Waals surface area contributed by atoms with Crippen LogP contribution in [0.2, 0.25) is 0 Å². The molecule has 3 N–H and O–H groups in total. The molecule has 1 unspecified atom stereocenters. The molecule has 15 heavy (non-hydrogen) atoms. The van der Waals surface area contributed by atoms with Crippen molar-refractivity contribution in [2.75, 3.05) is 6.54 Å². The summed E-state index contributed by atoms with van der Waals surface area (Å²) in [5.74, 6) is 0. The van der Waals surface area contributed by atoms with E-state index in [-0.39, 0.29) is 0 Å². The van der Waals surface area contributed by atoms with Gasteiger partial charge in [-0.2, -0.15) is 0 Å². The minimum atomic E-state index is -0.946. The van der Waals surface area contributed by atoms with E-state index >= 15 is 0 Å². The zero-order valence-corrected chi connectivity index (χ0v) is 8.39. The van der Waals surface area contributed by atoms with Crippen molar-refractivity contribution in [1.82, 2.24) is 4.90 Å². The van der Waals surface area contributed by atoms with E-state index in [1.165, 1.54) is 4.90 Å². The number of rotatable bonds is 1. The lowest BCUT2D eigenvalue weighted by Gasteiger charge is -2.33. The summed E-state index contributed by atoms with van der Waals surface area (Å²) in [6.45, 7) is 0.515. The maximum Gasteiger partial charge on any atom is 0.409 e. The van der Waals surface area contributed by atoms with Crippen molar-refractivity contribution < 1.29 is 9.90 Å². The maximum atomic E-state index is 11.0. The van der Waals surface area contributed by atoms with Gasteiger partial charge in [0.2, 0.25) is 0 Å². The van der Waals surface area contributed by atoms with E-state index in [1.54, 1.807) is 0 Å². The number of nitrogens with zero attached hydrogens (tertiary/aromatic N) is 1. The van der Waals surface area contributed by atoms with Gasteiger partial charge in [-0.15, -0.1) is 0 Å². The summed E-state index contributed by atoms with van der Waals surface area (Å²) in [6.07, 6.45) is 0.555. The molecule has 1 heterocycles. The highest BCUT2D eigenvalue weighted by atomic mass is 16.4. The second kappa shape index (κ2) is 3.55. The third kappa shape index (κ3) is 1.57. The first-order chi connectivity index (χ1) is 7.14. The zero-order chi connectivity index (χ0) is 10.9. The largest absolute Gasteiger partial charge is 0.465 e. The van der Waals surface area contributed by atoms with Crippen LogP contribution < -0.4 is 5.73 Å². The number of hydrogen-bond donors (Lipinski definition) is 2. The van der Waals surface area contributed by atoms with Crippen molar-refractivity contribution in [3.05, 3.63) is 35.9 Å². The van der Waals surface area contributed by atoms with Crippen LogP contribution in [-0.4, -0.2) is 22.6 Å². The van der Waals surface area contributed by atoms with Gasteiger partial charge in [-0.25, -0.2) is 4.79 Å². The molecule has 1 aliphatic rings. The van der Waals surface area contributed by atoms with Gasteiger partial charge in [-0.3, -0.25) is 4.90 Å². The highest BCUT2D eigenvalue weighted by Crippen LogP contribution is 2.33. The SMILES string of the molecule is NC1(c2ccccc2)CCCN1C(=O)O. The highest BCUT2D eigenvalue weighted by Gasteiger charge is 2.41. The molecular formula is C11H14N2O2. The quantitative estimate of drug-likeness (QED) is 0.733. The molecule has 1 aliphatic heterocycles. The predicted molar refractivity (Wildman–Crippen MR) is 56.3 cm³/mol. The van der Waals surface area contributed by atoms with E-state index in [4.69, 9.17) is 10.8 Å². The summed E-state index contributed by atoms with van der Waals surface area (Å²) >= 11 is 0. The molecule has 0 radical (unpaired) electrons. The third-order valence-corrected chi connectivity index (χ3v) is 2.93. The highest BCUT2D eigenvalue weighted by molar-refractivity contribution is 5.67. The van der Waals surface area contributed by atoms with Crippen LogP contribution in [0.15, 0.2) is 30.3 Å². The molecule has 1 atom stereocenters. The number of likely N-dealkylation sites (tertiary alicyclic amines) is 1. The lowest BCUT2D eigenvalue weighted by molar-refractivity contribution is 0.104. The number of hydrogen-bond acceptors (Lipinski definition) is 2. The normalized spacial score (nSPS) is 25.5. The van der Waals surface area contributed by atoms with Gasteiger partial charge in [0.05, 0.1) is 0 Å². The molecular weight excluding hydrogens is 192 g/mol. The van der Waals surface area contributed by atoms with Gasteiger partial charge in [0, 0.05) is 6.54 Å². The topological polar surface area (TPSA) is 66.6 Å². The average molecular weight is 206 g/mol. The first-order valence-electron chi connectivity index (χ1n) is 4.99. The van der Waals surface area contributed by atoms with Gasteiger partial charge in [0.15, 0.2) is 0 Å². The Kier molecular flexibility index (Phi) is 2.36. The fourth-order valence-corrected chi connectivity index (χ4v) is 2.13. The summed E-state index contributed by atoms with van der Waals surface area (Å²) in [7, 11) is 0. The number of amides is 1. The molecule has 0 aliphatic carbocycles. The minimum absolute atomic E-state index is 0.515. The first kappa shape index (κ1) is 9.98. The molecule has 0 aromatic heterocycles. The molecule has 1 aromatic rings. The van der Waals surface area contributed by atoms with Crippen LogP contribution >= 0.6 is 0 Å². The van der Waals surface area contributed by atoms with Crippen molar-refractivity contribution in [2.24, 2.45) is 5.73 Å². The Bertz CT molecular complexity index is 366. The molecule has 1 saturated heterocycles. The molecule has 0 saturated carbocycles. The van der Waals surface area contributed by atoms with Crippen molar-refractivity contribution in [2.45, 2.75) is 18.5 Å². The molecule has 80 valence electrons. The fraction of sp³-hybridized carbons (Fsp3) is 0.364. The summed E-state index contributed by atoms with van der Waals surface area (Å²) in [4.78, 5) is 12.4. The Morgan fingerprint density at radius 1 is 1.40 bits per heavy atom. The van der Waals surface area contributed by atoms with E-state index in [2.05, 4.69) is 0 Å². The van der Waals surface area contributed by atoms with Crippen LogP contribution in [0.25, 0.3) is 0 Å². The maximum absolute atomic E-state index is 11.0. The Hall–Kier alpha value is -1.55. The number of carboxylic acid groups (broad SMARTS) is 1. The van der Waals surface area contributed by atoms with Crippen LogP contribution in [0.3, 0.4) is 0 Å². The monoisotopic (exact) mass is 206 g/mol. The smallest absolute Gasteiger partial charge is 0.409 e. The van der Waals surface area contributed by atoms with Crippen LogP contribution in [0.5, 0.6) is 0 Å². The number of nitrogens with two attached hydrogens (primary N) is 1. The lowest BCUT2D eigenvalue weighted by atomic mass is 9.98. The van der Waals surface area contributed by atoms with Crippen LogP contribution in [-0.2, 0) is 5.66 Å². The summed E-state index contributed by atoms with van der Waals surface area (Å²) < 4.78 is 0. The second-order valence-corrected chi connectivity index (χ2v) is 3.83. The minimum Gasteiger partial charge on any atom is -0.465 e. The number of carbonyl (C=O) groups is 1. The van der Waals surface area contributed by atoms with Gasteiger partial charge in [-0.05, 0) is 18.4 Å². The lowest BCUT2D eigenvalue weighted by Crippen LogP contribution is -2.51. The Morgan fingerprint density at radius 2 is 2.07 bits per heavy atom. The van der Waals surface area contributed by atoms with E-state index in [1.807, 2.05) is 30.3 Å². The first-order valence-corrected chi connectivity index (χ1v) is 4.99. The Morgan fingerprint density at radius 3 is 2.67 bits per heavy atom.